The third-order valence-electron chi connectivity index (χ3n) is 1.44. The molecule has 0 unspecified atom stereocenters. The lowest BCUT2D eigenvalue weighted by molar-refractivity contribution is 0.261. The van der Waals surface area contributed by atoms with E-state index in [1.54, 1.807) is 6.21 Å². The first-order valence-electron chi connectivity index (χ1n) is 4.27. The number of unbranched alkanes of at least 4 members (excludes halogenated alkanes) is 4. The molecule has 0 saturated carbocycles. The van der Waals surface area contributed by atoms with E-state index in [-0.39, 0.29) is 0 Å². The minimum atomic E-state index is -0.417. The Morgan fingerprint density at radius 2 is 2.25 bits per heavy atom. The number of hydrogen-bond donors (Lipinski definition) is 2. The van der Waals surface area contributed by atoms with Crippen molar-refractivity contribution in [1.29, 1.82) is 0 Å². The van der Waals surface area contributed by atoms with Crippen LogP contribution in [0.5, 0.6) is 0 Å². The second-order valence-corrected chi connectivity index (χ2v) is 2.98. The summed E-state index contributed by atoms with van der Waals surface area (Å²) in [6.45, 7) is 2.18. The van der Waals surface area contributed by atoms with Gasteiger partial charge in [0.1, 0.15) is 0 Å². The van der Waals surface area contributed by atoms with E-state index in [2.05, 4.69) is 30.1 Å². The second-order valence-electron chi connectivity index (χ2n) is 2.58. The molecular weight excluding hydrogens is 172 g/mol. The molecule has 0 fully saturated rings. The highest BCUT2D eigenvalue weighted by Crippen LogP contribution is 2.00. The normalized spacial score (nSPS) is 10.5. The molecule has 0 aromatic rings. The number of nitrogens with one attached hydrogen (secondary N) is 1. The van der Waals surface area contributed by atoms with E-state index in [1.165, 1.54) is 19.3 Å². The Kier molecular flexibility index (Phi) is 8.22. The van der Waals surface area contributed by atoms with Gasteiger partial charge in [-0.05, 0) is 12.8 Å². The predicted molar refractivity (Wildman–Crippen MR) is 54.8 cm³/mol. The van der Waals surface area contributed by atoms with Crippen molar-refractivity contribution in [2.45, 2.75) is 39.0 Å². The highest BCUT2D eigenvalue weighted by molar-refractivity contribution is 7.96. The van der Waals surface area contributed by atoms with Gasteiger partial charge in [0, 0.05) is 6.21 Å². The standard InChI is InChI=1S/C8H16N2OS/c1-2-3-4-5-6-7-9-10-8(11)12/h7H,2-6H2,1H3,(H2,10,11,12). The lowest BCUT2D eigenvalue weighted by Gasteiger charge is -1.93. The molecule has 0 heterocycles. The van der Waals surface area contributed by atoms with Gasteiger partial charge >= 0.3 is 0 Å². The van der Waals surface area contributed by atoms with Gasteiger partial charge in [-0.25, -0.2) is 5.43 Å². The fraction of sp³-hybridized carbons (Fsp3) is 0.750. The van der Waals surface area contributed by atoms with Crippen molar-refractivity contribution in [3.05, 3.63) is 0 Å². The SMILES string of the molecule is CCCCCCC=NNC(=O)S. The predicted octanol–water partition coefficient (Wildman–Crippen LogP) is 2.58. The molecule has 1 N–H and O–H groups in total. The summed E-state index contributed by atoms with van der Waals surface area (Å²) in [7, 11) is 0. The third kappa shape index (κ3) is 9.49. The quantitative estimate of drug-likeness (QED) is 0.286. The summed E-state index contributed by atoms with van der Waals surface area (Å²) in [5, 5.41) is 3.25. The number of amides is 1. The van der Waals surface area contributed by atoms with E-state index in [4.69, 9.17) is 0 Å². The van der Waals surface area contributed by atoms with Crippen LogP contribution in [-0.2, 0) is 0 Å². The molecule has 0 aliphatic carbocycles. The molecule has 0 spiro atoms. The lowest BCUT2D eigenvalue weighted by atomic mass is 10.2. The number of hydrazone groups is 1. The summed E-state index contributed by atoms with van der Waals surface area (Å²) in [5.74, 6) is 0. The molecule has 0 aliphatic rings. The zero-order valence-corrected chi connectivity index (χ0v) is 8.31. The van der Waals surface area contributed by atoms with Crippen LogP contribution < -0.4 is 5.43 Å². The highest BCUT2D eigenvalue weighted by atomic mass is 32.1. The van der Waals surface area contributed by atoms with Crippen LogP contribution in [0.1, 0.15) is 39.0 Å². The van der Waals surface area contributed by atoms with Gasteiger partial charge in [0.15, 0.2) is 0 Å². The Balaban J connectivity index is 3.08. The maximum absolute atomic E-state index is 10.2. The van der Waals surface area contributed by atoms with Crippen LogP contribution in [0.2, 0.25) is 0 Å². The Labute approximate surface area is 79.0 Å². The van der Waals surface area contributed by atoms with E-state index in [9.17, 15) is 4.79 Å². The summed E-state index contributed by atoms with van der Waals surface area (Å²) in [5.41, 5.74) is 2.23. The van der Waals surface area contributed by atoms with Crippen molar-refractivity contribution in [1.82, 2.24) is 5.43 Å². The first-order chi connectivity index (χ1) is 5.77. The van der Waals surface area contributed by atoms with E-state index < -0.39 is 5.24 Å². The molecule has 70 valence electrons. The van der Waals surface area contributed by atoms with E-state index >= 15 is 0 Å². The summed E-state index contributed by atoms with van der Waals surface area (Å²) >= 11 is 3.49. The summed E-state index contributed by atoms with van der Waals surface area (Å²) in [4.78, 5) is 10.2. The molecule has 0 bridgehead atoms. The largest absolute Gasteiger partial charge is 0.296 e. The minimum Gasteiger partial charge on any atom is -0.260 e. The Bertz CT molecular complexity index is 148. The number of hydrogen-bond acceptors (Lipinski definition) is 2. The van der Waals surface area contributed by atoms with Gasteiger partial charge in [0.05, 0.1) is 0 Å². The molecule has 0 atom stereocenters. The van der Waals surface area contributed by atoms with Crippen LogP contribution in [0, 0.1) is 0 Å². The van der Waals surface area contributed by atoms with Crippen molar-refractivity contribution in [3.63, 3.8) is 0 Å². The van der Waals surface area contributed by atoms with Crippen molar-refractivity contribution >= 4 is 24.1 Å². The summed E-state index contributed by atoms with van der Waals surface area (Å²) in [6.07, 6.45) is 7.52. The van der Waals surface area contributed by atoms with Crippen LogP contribution >= 0.6 is 12.6 Å². The molecule has 12 heavy (non-hydrogen) atoms. The Morgan fingerprint density at radius 1 is 1.50 bits per heavy atom. The topological polar surface area (TPSA) is 41.5 Å². The first-order valence-corrected chi connectivity index (χ1v) is 4.72. The van der Waals surface area contributed by atoms with E-state index in [1.807, 2.05) is 0 Å². The van der Waals surface area contributed by atoms with E-state index in [0.29, 0.717) is 0 Å². The summed E-state index contributed by atoms with van der Waals surface area (Å²) < 4.78 is 0. The first kappa shape index (κ1) is 11.5. The van der Waals surface area contributed by atoms with Crippen LogP contribution in [0.4, 0.5) is 4.79 Å². The molecule has 4 heteroatoms. The van der Waals surface area contributed by atoms with Crippen LogP contribution in [0.3, 0.4) is 0 Å². The Hall–Kier alpha value is -0.510. The number of nitrogens with zero attached hydrogens (tertiary/aromatic N) is 1. The monoisotopic (exact) mass is 188 g/mol. The number of rotatable bonds is 6. The zero-order valence-electron chi connectivity index (χ0n) is 7.42. The van der Waals surface area contributed by atoms with Gasteiger partial charge in [-0.15, -0.1) is 0 Å². The molecule has 3 nitrogen and oxygen atoms in total. The number of thiol groups is 1. The number of carbonyl (C=O) groups is 1. The molecule has 0 saturated heterocycles. The van der Waals surface area contributed by atoms with Crippen molar-refractivity contribution in [3.8, 4) is 0 Å². The molecule has 0 aliphatic heterocycles. The van der Waals surface area contributed by atoms with Crippen LogP contribution in [0.25, 0.3) is 0 Å². The lowest BCUT2D eigenvalue weighted by Crippen LogP contribution is -2.07. The molecule has 1 amide bonds. The summed E-state index contributed by atoms with van der Waals surface area (Å²) in [6, 6.07) is 0. The third-order valence-corrected chi connectivity index (χ3v) is 1.54. The smallest absolute Gasteiger partial charge is 0.260 e. The van der Waals surface area contributed by atoms with Crippen LogP contribution in [0.15, 0.2) is 5.10 Å². The molecule has 0 aromatic carbocycles. The zero-order chi connectivity index (χ0) is 9.23. The average molecular weight is 188 g/mol. The van der Waals surface area contributed by atoms with Gasteiger partial charge < -0.3 is 0 Å². The van der Waals surface area contributed by atoms with Crippen molar-refractivity contribution < 1.29 is 4.79 Å². The fourth-order valence-corrected chi connectivity index (χ4v) is 0.886. The fourth-order valence-electron chi connectivity index (χ4n) is 0.828. The average Bonchev–Trinajstić information content (AvgIpc) is 2.02. The molecular formula is C8H16N2OS. The number of carbonyl (C=O) groups excluding carboxylic acids is 1. The second kappa shape index (κ2) is 8.59. The Morgan fingerprint density at radius 3 is 2.83 bits per heavy atom. The maximum Gasteiger partial charge on any atom is 0.296 e. The highest BCUT2D eigenvalue weighted by Gasteiger charge is 1.86. The molecule has 0 rings (SSSR count). The van der Waals surface area contributed by atoms with Gasteiger partial charge in [-0.3, -0.25) is 4.79 Å². The maximum atomic E-state index is 10.2. The van der Waals surface area contributed by atoms with Crippen molar-refractivity contribution in [2.75, 3.05) is 0 Å². The minimum absolute atomic E-state index is 0.417. The molecule has 0 radical (unpaired) electrons. The van der Waals surface area contributed by atoms with Crippen LogP contribution in [-0.4, -0.2) is 11.5 Å². The van der Waals surface area contributed by atoms with Gasteiger partial charge in [0.25, 0.3) is 5.24 Å². The van der Waals surface area contributed by atoms with Gasteiger partial charge in [-0.1, -0.05) is 38.8 Å². The van der Waals surface area contributed by atoms with Crippen molar-refractivity contribution in [2.24, 2.45) is 5.10 Å². The van der Waals surface area contributed by atoms with Gasteiger partial charge in [-0.2, -0.15) is 5.10 Å². The van der Waals surface area contributed by atoms with E-state index in [0.717, 1.165) is 12.8 Å². The molecule has 0 aromatic heterocycles. The van der Waals surface area contributed by atoms with Gasteiger partial charge in [0.2, 0.25) is 0 Å².